The predicted molar refractivity (Wildman–Crippen MR) is 128 cm³/mol. The molecule has 0 spiro atoms. The molecule has 0 radical (unpaired) electrons. The maximum Gasteiger partial charge on any atom is 0.490 e. The van der Waals surface area contributed by atoms with E-state index in [1.54, 1.807) is 18.2 Å². The molecule has 13 heteroatoms. The Morgan fingerprint density at radius 3 is 2.22 bits per heavy atom. The molecule has 36 heavy (non-hydrogen) atoms. The summed E-state index contributed by atoms with van der Waals surface area (Å²) < 4.78 is 59.9. The van der Waals surface area contributed by atoms with Gasteiger partial charge in [0.05, 0.1) is 4.90 Å². The second kappa shape index (κ2) is 13.9. The van der Waals surface area contributed by atoms with Crippen LogP contribution in [0.2, 0.25) is 0 Å². The van der Waals surface area contributed by atoms with Crippen molar-refractivity contribution in [2.75, 3.05) is 58.9 Å². The molecule has 2 N–H and O–H groups in total. The van der Waals surface area contributed by atoms with Gasteiger partial charge in [-0.1, -0.05) is 18.6 Å². The summed E-state index contributed by atoms with van der Waals surface area (Å²) in [6, 6.07) is 7.03. The molecular weight excluding hydrogens is 501 g/mol. The molecule has 1 amide bonds. The van der Waals surface area contributed by atoms with Gasteiger partial charge >= 0.3 is 12.1 Å². The lowest BCUT2D eigenvalue weighted by Gasteiger charge is -2.31. The normalized spacial score (nSPS) is 17.4. The number of amides is 1. The summed E-state index contributed by atoms with van der Waals surface area (Å²) in [5.41, 5.74) is 0.916. The smallest absolute Gasteiger partial charge is 0.475 e. The zero-order valence-corrected chi connectivity index (χ0v) is 21.3. The van der Waals surface area contributed by atoms with E-state index < -0.39 is 22.2 Å². The number of nitrogens with zero attached hydrogens (tertiary/aromatic N) is 3. The van der Waals surface area contributed by atoms with E-state index in [1.165, 1.54) is 23.6 Å². The van der Waals surface area contributed by atoms with Gasteiger partial charge in [0.25, 0.3) is 0 Å². The number of carbonyl (C=O) groups is 2. The van der Waals surface area contributed by atoms with E-state index >= 15 is 0 Å². The molecule has 1 aromatic rings. The molecule has 2 aliphatic rings. The summed E-state index contributed by atoms with van der Waals surface area (Å²) in [5.74, 6) is -2.72. The van der Waals surface area contributed by atoms with Crippen LogP contribution in [0.15, 0.2) is 29.2 Å². The highest BCUT2D eigenvalue weighted by Crippen LogP contribution is 2.18. The van der Waals surface area contributed by atoms with Gasteiger partial charge in [-0.3, -0.25) is 4.79 Å². The Balaban J connectivity index is 0.000000572. The number of hydrogen-bond donors (Lipinski definition) is 2. The topological polar surface area (TPSA) is 110 Å². The first-order valence-corrected chi connectivity index (χ1v) is 13.4. The van der Waals surface area contributed by atoms with Crippen LogP contribution in [0.3, 0.4) is 0 Å². The third-order valence-corrected chi connectivity index (χ3v) is 7.92. The minimum atomic E-state index is -5.08. The van der Waals surface area contributed by atoms with Crippen molar-refractivity contribution in [3.05, 3.63) is 29.8 Å². The van der Waals surface area contributed by atoms with Crippen molar-refractivity contribution < 1.29 is 36.3 Å². The van der Waals surface area contributed by atoms with Gasteiger partial charge in [-0.25, -0.2) is 13.2 Å². The van der Waals surface area contributed by atoms with Crippen LogP contribution in [0.25, 0.3) is 0 Å². The number of aliphatic carboxylic acids is 1. The lowest BCUT2D eigenvalue weighted by molar-refractivity contribution is -0.192. The summed E-state index contributed by atoms with van der Waals surface area (Å²) in [7, 11) is -3.63. The van der Waals surface area contributed by atoms with E-state index in [9.17, 15) is 26.4 Å². The van der Waals surface area contributed by atoms with Crippen LogP contribution in [0.5, 0.6) is 0 Å². The van der Waals surface area contributed by atoms with Crippen LogP contribution in [-0.4, -0.2) is 105 Å². The number of sulfonamides is 1. The Labute approximate surface area is 210 Å². The fourth-order valence-corrected chi connectivity index (χ4v) is 5.54. The molecule has 2 fully saturated rings. The highest BCUT2D eigenvalue weighted by molar-refractivity contribution is 7.89. The lowest BCUT2D eigenvalue weighted by Crippen LogP contribution is -2.47. The molecule has 3 rings (SSSR count). The maximum absolute atomic E-state index is 13.3. The zero-order chi connectivity index (χ0) is 26.8. The third-order valence-electron chi connectivity index (χ3n) is 6.03. The van der Waals surface area contributed by atoms with Crippen LogP contribution in [-0.2, 0) is 19.6 Å². The van der Waals surface area contributed by atoms with Gasteiger partial charge in [-0.15, -0.1) is 0 Å². The minimum Gasteiger partial charge on any atom is -0.475 e. The van der Waals surface area contributed by atoms with E-state index in [2.05, 4.69) is 10.2 Å². The summed E-state index contributed by atoms with van der Waals surface area (Å²) >= 11 is 0. The van der Waals surface area contributed by atoms with E-state index in [-0.39, 0.29) is 18.9 Å². The van der Waals surface area contributed by atoms with Crippen molar-refractivity contribution in [2.24, 2.45) is 0 Å². The number of halogens is 3. The first-order valence-electron chi connectivity index (χ1n) is 12.0. The van der Waals surface area contributed by atoms with Crippen molar-refractivity contribution in [2.45, 2.75) is 43.7 Å². The number of alkyl halides is 3. The number of benzene rings is 1. The summed E-state index contributed by atoms with van der Waals surface area (Å²) in [6.45, 7) is 8.29. The zero-order valence-electron chi connectivity index (χ0n) is 20.5. The molecular formula is C23H35F3N4O5S. The number of nitrogens with one attached hydrogen (secondary N) is 1. The fourth-order valence-electron chi connectivity index (χ4n) is 4.01. The number of carbonyl (C=O) groups excluding carboxylic acids is 1. The van der Waals surface area contributed by atoms with Gasteiger partial charge in [0.2, 0.25) is 15.9 Å². The van der Waals surface area contributed by atoms with Crippen LogP contribution in [0, 0.1) is 6.92 Å². The number of piperidine rings is 1. The van der Waals surface area contributed by atoms with Crippen molar-refractivity contribution in [3.63, 3.8) is 0 Å². The van der Waals surface area contributed by atoms with Gasteiger partial charge in [0, 0.05) is 52.2 Å². The Hall–Kier alpha value is -2.22. The van der Waals surface area contributed by atoms with Gasteiger partial charge in [-0.05, 0) is 50.6 Å². The molecule has 0 bridgehead atoms. The minimum absolute atomic E-state index is 0.0360. The highest BCUT2D eigenvalue weighted by Gasteiger charge is 2.38. The average Bonchev–Trinajstić information content (AvgIpc) is 2.84. The largest absolute Gasteiger partial charge is 0.490 e. The number of rotatable bonds is 8. The average molecular weight is 537 g/mol. The standard InChI is InChI=1S/C21H34N4O3S.C2HF3O2/c1-19-6-5-7-20(18-19)29(27,28)25(17-16-23-11-3-2-4-12-23)13-8-21(26)24-14-9-22-10-15-24;3-2(4,5)1(6)7/h5-7,18,22H,2-4,8-17H2,1H3;(H,6,7). The number of hydrogen-bond acceptors (Lipinski definition) is 6. The SMILES string of the molecule is Cc1cccc(S(=O)(=O)N(CCC(=O)N2CCNCC2)CCN2CCCCC2)c1.O=C(O)C(F)(F)F. The number of carboxylic acid groups (broad SMARTS) is 1. The van der Waals surface area contributed by atoms with Gasteiger partial charge in [0.15, 0.2) is 0 Å². The lowest BCUT2D eigenvalue weighted by atomic mass is 10.1. The molecule has 2 heterocycles. The summed E-state index contributed by atoms with van der Waals surface area (Å²) in [6.07, 6.45) is -1.26. The van der Waals surface area contributed by atoms with Gasteiger partial charge in [-0.2, -0.15) is 17.5 Å². The van der Waals surface area contributed by atoms with Crippen molar-refractivity contribution in [3.8, 4) is 0 Å². The van der Waals surface area contributed by atoms with E-state index in [0.29, 0.717) is 31.1 Å². The number of piperazine rings is 1. The second-order valence-corrected chi connectivity index (χ2v) is 10.7. The molecule has 2 saturated heterocycles. The number of likely N-dealkylation sites (tertiary alicyclic amines) is 1. The Morgan fingerprint density at radius 1 is 1.06 bits per heavy atom. The first-order chi connectivity index (χ1) is 16.9. The predicted octanol–water partition coefficient (Wildman–Crippen LogP) is 1.93. The molecule has 1 aromatic carbocycles. The molecule has 0 unspecified atom stereocenters. The molecule has 0 aliphatic carbocycles. The van der Waals surface area contributed by atoms with E-state index in [0.717, 1.165) is 31.7 Å². The van der Waals surface area contributed by atoms with E-state index in [4.69, 9.17) is 9.90 Å². The quantitative estimate of drug-likeness (QED) is 0.523. The van der Waals surface area contributed by atoms with Crippen LogP contribution in [0.4, 0.5) is 13.2 Å². The number of aryl methyl sites for hydroxylation is 1. The Morgan fingerprint density at radius 2 is 1.67 bits per heavy atom. The molecule has 0 saturated carbocycles. The van der Waals surface area contributed by atoms with Crippen molar-refractivity contribution in [1.29, 1.82) is 0 Å². The highest BCUT2D eigenvalue weighted by atomic mass is 32.2. The fraction of sp³-hybridized carbons (Fsp3) is 0.652. The molecule has 9 nitrogen and oxygen atoms in total. The summed E-state index contributed by atoms with van der Waals surface area (Å²) in [4.78, 5) is 26.0. The maximum atomic E-state index is 13.3. The Kier molecular flexibility index (Phi) is 11.6. The molecule has 0 atom stereocenters. The monoisotopic (exact) mass is 536 g/mol. The van der Waals surface area contributed by atoms with Crippen molar-refractivity contribution in [1.82, 2.24) is 19.4 Å². The summed E-state index contributed by atoms with van der Waals surface area (Å²) in [5, 5.41) is 10.4. The van der Waals surface area contributed by atoms with Crippen LogP contribution < -0.4 is 5.32 Å². The van der Waals surface area contributed by atoms with E-state index in [1.807, 2.05) is 17.9 Å². The van der Waals surface area contributed by atoms with Gasteiger partial charge < -0.3 is 20.2 Å². The van der Waals surface area contributed by atoms with Crippen molar-refractivity contribution >= 4 is 21.9 Å². The second-order valence-electron chi connectivity index (χ2n) is 8.81. The molecule has 204 valence electrons. The third kappa shape index (κ3) is 9.68. The number of carboxylic acids is 1. The first kappa shape index (κ1) is 30.0. The molecule has 2 aliphatic heterocycles. The van der Waals surface area contributed by atoms with Gasteiger partial charge in [0.1, 0.15) is 0 Å². The van der Waals surface area contributed by atoms with Crippen LogP contribution >= 0.6 is 0 Å². The Bertz CT molecular complexity index is 963. The molecule has 0 aromatic heterocycles. The van der Waals surface area contributed by atoms with Crippen LogP contribution in [0.1, 0.15) is 31.2 Å².